The van der Waals surface area contributed by atoms with E-state index >= 15 is 0 Å². The minimum absolute atomic E-state index is 0.0435. The van der Waals surface area contributed by atoms with Crippen LogP contribution in [-0.4, -0.2) is 14.5 Å². The molecule has 1 fully saturated rings. The molecule has 0 aliphatic heterocycles. The Balaban J connectivity index is 2.34. The Morgan fingerprint density at radius 2 is 2.11 bits per heavy atom. The van der Waals surface area contributed by atoms with Crippen molar-refractivity contribution in [1.82, 2.24) is 4.72 Å². The largest absolute Gasteiger partial charge is 0.399 e. The van der Waals surface area contributed by atoms with Crippen LogP contribution < -0.4 is 10.5 Å². The average Bonchev–Trinajstić information content (AvgIpc) is 3.05. The Labute approximate surface area is 114 Å². The molecule has 1 atom stereocenters. The zero-order chi connectivity index (χ0) is 13.5. The number of hydrogen-bond acceptors (Lipinski definition) is 3. The molecular formula is C11H14BrFN2O2S. The summed E-state index contributed by atoms with van der Waals surface area (Å²) in [5.74, 6) is -0.466. The van der Waals surface area contributed by atoms with Crippen LogP contribution in [0.4, 0.5) is 10.1 Å². The van der Waals surface area contributed by atoms with Gasteiger partial charge in [0.1, 0.15) is 4.90 Å². The minimum Gasteiger partial charge on any atom is -0.399 e. The van der Waals surface area contributed by atoms with Crippen LogP contribution in [0.3, 0.4) is 0 Å². The topological polar surface area (TPSA) is 72.2 Å². The van der Waals surface area contributed by atoms with Gasteiger partial charge in [-0.25, -0.2) is 17.5 Å². The van der Waals surface area contributed by atoms with E-state index in [1.54, 1.807) is 6.92 Å². The highest BCUT2D eigenvalue weighted by atomic mass is 79.9. The van der Waals surface area contributed by atoms with Gasteiger partial charge in [-0.2, -0.15) is 0 Å². The van der Waals surface area contributed by atoms with Gasteiger partial charge in [0.15, 0.2) is 5.82 Å². The van der Waals surface area contributed by atoms with Crippen LogP contribution in [-0.2, 0) is 10.0 Å². The first kappa shape index (κ1) is 13.8. The molecule has 3 N–H and O–H groups in total. The summed E-state index contributed by atoms with van der Waals surface area (Å²) in [6.45, 7) is 1.79. The molecule has 1 saturated carbocycles. The summed E-state index contributed by atoms with van der Waals surface area (Å²) in [7, 11) is -3.88. The number of rotatable bonds is 4. The van der Waals surface area contributed by atoms with Crippen molar-refractivity contribution >= 4 is 31.6 Å². The third kappa shape index (κ3) is 2.84. The average molecular weight is 337 g/mol. The van der Waals surface area contributed by atoms with Gasteiger partial charge in [0, 0.05) is 11.7 Å². The van der Waals surface area contributed by atoms with Crippen molar-refractivity contribution in [1.29, 1.82) is 0 Å². The lowest BCUT2D eigenvalue weighted by molar-refractivity contribution is 0.525. The van der Waals surface area contributed by atoms with Gasteiger partial charge in [0.2, 0.25) is 10.0 Å². The Hall–Kier alpha value is -0.660. The van der Waals surface area contributed by atoms with Crippen molar-refractivity contribution in [2.45, 2.75) is 30.7 Å². The van der Waals surface area contributed by atoms with Crippen LogP contribution in [0.15, 0.2) is 21.5 Å². The number of sulfonamides is 1. The molecule has 1 aliphatic carbocycles. The third-order valence-electron chi connectivity index (χ3n) is 2.98. The molecular weight excluding hydrogens is 323 g/mol. The van der Waals surface area contributed by atoms with Crippen molar-refractivity contribution in [2.75, 3.05) is 5.73 Å². The first-order valence-electron chi connectivity index (χ1n) is 5.58. The van der Waals surface area contributed by atoms with Gasteiger partial charge in [-0.3, -0.25) is 0 Å². The summed E-state index contributed by atoms with van der Waals surface area (Å²) < 4.78 is 40.5. The van der Waals surface area contributed by atoms with Crippen LogP contribution in [0.5, 0.6) is 0 Å². The number of halogens is 2. The molecule has 1 aromatic rings. The lowest BCUT2D eigenvalue weighted by Crippen LogP contribution is -2.34. The van der Waals surface area contributed by atoms with Crippen molar-refractivity contribution < 1.29 is 12.8 Å². The van der Waals surface area contributed by atoms with Crippen LogP contribution in [0.1, 0.15) is 19.8 Å². The van der Waals surface area contributed by atoms with Crippen molar-refractivity contribution in [3.63, 3.8) is 0 Å². The third-order valence-corrected chi connectivity index (χ3v) is 5.11. The van der Waals surface area contributed by atoms with Crippen molar-refractivity contribution in [2.24, 2.45) is 5.92 Å². The maximum atomic E-state index is 13.8. The number of benzene rings is 1. The van der Waals surface area contributed by atoms with Crippen molar-refractivity contribution in [3.05, 3.63) is 22.4 Å². The van der Waals surface area contributed by atoms with E-state index < -0.39 is 20.7 Å². The first-order chi connectivity index (χ1) is 8.31. The molecule has 1 unspecified atom stereocenters. The van der Waals surface area contributed by atoms with Gasteiger partial charge in [0.05, 0.1) is 4.47 Å². The molecule has 1 aliphatic rings. The number of nitrogen functional groups attached to an aromatic ring is 1. The minimum atomic E-state index is -3.88. The summed E-state index contributed by atoms with van der Waals surface area (Å²) in [5, 5.41) is 0. The number of hydrogen-bond donors (Lipinski definition) is 2. The Morgan fingerprint density at radius 3 is 2.67 bits per heavy atom. The van der Waals surface area contributed by atoms with Gasteiger partial charge in [-0.05, 0) is 53.7 Å². The first-order valence-corrected chi connectivity index (χ1v) is 7.85. The van der Waals surface area contributed by atoms with Crippen LogP contribution >= 0.6 is 15.9 Å². The molecule has 2 rings (SSSR count). The molecule has 1 aromatic carbocycles. The van der Waals surface area contributed by atoms with E-state index in [4.69, 9.17) is 5.73 Å². The number of anilines is 1. The van der Waals surface area contributed by atoms with Gasteiger partial charge in [-0.15, -0.1) is 0 Å². The molecule has 7 heteroatoms. The van der Waals surface area contributed by atoms with E-state index in [0.717, 1.165) is 18.9 Å². The fourth-order valence-corrected chi connectivity index (χ4v) is 3.84. The Bertz CT molecular complexity index is 573. The normalized spacial score (nSPS) is 17.7. The maximum Gasteiger partial charge on any atom is 0.243 e. The standard InChI is InChI=1S/C11H14BrFN2O2S/c1-6(7-2-3-7)15-18(16,17)10-5-8(14)4-9(12)11(10)13/h4-7,15H,2-3,14H2,1H3. The summed E-state index contributed by atoms with van der Waals surface area (Å²) in [6.07, 6.45) is 2.01. The second kappa shape index (κ2) is 4.79. The smallest absolute Gasteiger partial charge is 0.243 e. The second-order valence-electron chi connectivity index (χ2n) is 4.56. The molecule has 18 heavy (non-hydrogen) atoms. The van der Waals surface area contributed by atoms with Crippen molar-refractivity contribution in [3.8, 4) is 0 Å². The zero-order valence-electron chi connectivity index (χ0n) is 9.78. The SMILES string of the molecule is CC(NS(=O)(=O)c1cc(N)cc(Br)c1F)C1CC1. The number of nitrogens with one attached hydrogen (secondary N) is 1. The quantitative estimate of drug-likeness (QED) is 0.828. The van der Waals surface area contributed by atoms with Gasteiger partial charge < -0.3 is 5.73 Å². The molecule has 0 amide bonds. The highest BCUT2D eigenvalue weighted by Crippen LogP contribution is 2.33. The highest BCUT2D eigenvalue weighted by Gasteiger charge is 2.32. The Morgan fingerprint density at radius 1 is 1.50 bits per heavy atom. The summed E-state index contributed by atoms with van der Waals surface area (Å²) in [4.78, 5) is -0.415. The summed E-state index contributed by atoms with van der Waals surface area (Å²) >= 11 is 2.95. The Kier molecular flexibility index (Phi) is 3.66. The highest BCUT2D eigenvalue weighted by molar-refractivity contribution is 9.10. The maximum absolute atomic E-state index is 13.8. The lowest BCUT2D eigenvalue weighted by atomic mass is 10.2. The van der Waals surface area contributed by atoms with E-state index in [1.165, 1.54) is 6.07 Å². The van der Waals surface area contributed by atoms with Crippen LogP contribution in [0.25, 0.3) is 0 Å². The predicted octanol–water partition coefficient (Wildman–Crippen LogP) is 2.25. The van der Waals surface area contributed by atoms with E-state index in [-0.39, 0.29) is 16.2 Å². The van der Waals surface area contributed by atoms with E-state index in [9.17, 15) is 12.8 Å². The number of nitrogens with two attached hydrogens (primary N) is 1. The molecule has 0 bridgehead atoms. The summed E-state index contributed by atoms with van der Waals surface area (Å²) in [6, 6.07) is 2.27. The molecule has 0 radical (unpaired) electrons. The van der Waals surface area contributed by atoms with Crippen LogP contribution in [0.2, 0.25) is 0 Å². The second-order valence-corrected chi connectivity index (χ2v) is 7.10. The zero-order valence-corrected chi connectivity index (χ0v) is 12.2. The fourth-order valence-electron chi connectivity index (χ4n) is 1.78. The fraction of sp³-hybridized carbons (Fsp3) is 0.455. The lowest BCUT2D eigenvalue weighted by Gasteiger charge is -2.14. The molecule has 0 heterocycles. The molecule has 0 spiro atoms. The van der Waals surface area contributed by atoms with Gasteiger partial charge >= 0.3 is 0 Å². The van der Waals surface area contributed by atoms with Gasteiger partial charge in [-0.1, -0.05) is 0 Å². The molecule has 100 valence electrons. The van der Waals surface area contributed by atoms with Crippen LogP contribution in [0, 0.1) is 11.7 Å². The van der Waals surface area contributed by atoms with E-state index in [0.29, 0.717) is 5.92 Å². The summed E-state index contributed by atoms with van der Waals surface area (Å²) in [5.41, 5.74) is 5.74. The predicted molar refractivity (Wildman–Crippen MR) is 71.0 cm³/mol. The molecule has 0 aromatic heterocycles. The van der Waals surface area contributed by atoms with E-state index in [2.05, 4.69) is 20.7 Å². The van der Waals surface area contributed by atoms with Gasteiger partial charge in [0.25, 0.3) is 0 Å². The molecule has 4 nitrogen and oxygen atoms in total. The molecule has 0 saturated heterocycles. The monoisotopic (exact) mass is 336 g/mol. The van der Waals surface area contributed by atoms with E-state index in [1.807, 2.05) is 0 Å².